The van der Waals surface area contributed by atoms with Gasteiger partial charge in [0, 0.05) is 0 Å². The van der Waals surface area contributed by atoms with Crippen LogP contribution < -0.4 is 4.74 Å². The van der Waals surface area contributed by atoms with Gasteiger partial charge in [0.15, 0.2) is 15.6 Å². The second-order valence-electron chi connectivity index (χ2n) is 4.01. The third-order valence-electron chi connectivity index (χ3n) is 2.60. The maximum Gasteiger partial charge on any atom is 0.313 e. The average molecular weight is 275 g/mol. The van der Waals surface area contributed by atoms with Gasteiger partial charge in [0.05, 0.1) is 22.5 Å². The fraction of sp³-hybridized carbons (Fsp3) is 0.400. The number of halogens is 1. The molecule has 0 spiro atoms. The van der Waals surface area contributed by atoms with Crippen molar-refractivity contribution in [1.82, 2.24) is 0 Å². The van der Waals surface area contributed by atoms with E-state index in [2.05, 4.69) is 0 Å². The standard InChI is InChI=1S/C10H10FNO5S/c11-7-1-2-10(9(5-7)12(13)14)17-8-3-4-18(15,16)6-8/h1-2,5,8H,3-4,6H2. The molecule has 6 nitrogen and oxygen atoms in total. The summed E-state index contributed by atoms with van der Waals surface area (Å²) in [6, 6.07) is 2.92. The van der Waals surface area contributed by atoms with Crippen LogP contribution in [0.2, 0.25) is 0 Å². The van der Waals surface area contributed by atoms with Gasteiger partial charge >= 0.3 is 5.69 Å². The Labute approximate surface area is 102 Å². The number of ether oxygens (including phenoxy) is 1. The average Bonchev–Trinajstić information content (AvgIpc) is 2.60. The lowest BCUT2D eigenvalue weighted by Crippen LogP contribution is -2.18. The van der Waals surface area contributed by atoms with Crippen LogP contribution in [0.4, 0.5) is 10.1 Å². The quantitative estimate of drug-likeness (QED) is 0.613. The molecule has 1 aromatic carbocycles. The van der Waals surface area contributed by atoms with Crippen LogP contribution >= 0.6 is 0 Å². The van der Waals surface area contributed by atoms with Crippen LogP contribution in [0.15, 0.2) is 18.2 Å². The minimum absolute atomic E-state index is 0.00661. The summed E-state index contributed by atoms with van der Waals surface area (Å²) in [7, 11) is -3.13. The Morgan fingerprint density at radius 3 is 2.72 bits per heavy atom. The van der Waals surface area contributed by atoms with E-state index < -0.39 is 32.4 Å². The van der Waals surface area contributed by atoms with Gasteiger partial charge in [0.2, 0.25) is 0 Å². The first kappa shape index (κ1) is 12.7. The summed E-state index contributed by atoms with van der Waals surface area (Å²) in [6.07, 6.45) is -0.323. The van der Waals surface area contributed by atoms with Gasteiger partial charge < -0.3 is 4.74 Å². The molecule has 0 bridgehead atoms. The van der Waals surface area contributed by atoms with Crippen LogP contribution in [0.5, 0.6) is 5.75 Å². The molecule has 2 rings (SSSR count). The molecule has 0 aromatic heterocycles. The summed E-state index contributed by atoms with van der Waals surface area (Å²) in [6.45, 7) is 0. The predicted molar refractivity (Wildman–Crippen MR) is 60.7 cm³/mol. The number of hydrogen-bond donors (Lipinski definition) is 0. The first-order valence-electron chi connectivity index (χ1n) is 5.18. The number of hydrogen-bond acceptors (Lipinski definition) is 5. The number of nitro groups is 1. The zero-order valence-corrected chi connectivity index (χ0v) is 10.0. The van der Waals surface area contributed by atoms with E-state index in [-0.39, 0.29) is 23.7 Å². The van der Waals surface area contributed by atoms with Crippen molar-refractivity contribution in [2.45, 2.75) is 12.5 Å². The second kappa shape index (κ2) is 4.52. The van der Waals surface area contributed by atoms with Gasteiger partial charge in [0.25, 0.3) is 0 Å². The van der Waals surface area contributed by atoms with Gasteiger partial charge in [-0.2, -0.15) is 0 Å². The topological polar surface area (TPSA) is 86.5 Å². The highest BCUT2D eigenvalue weighted by atomic mass is 32.2. The van der Waals surface area contributed by atoms with Gasteiger partial charge in [-0.05, 0) is 18.6 Å². The van der Waals surface area contributed by atoms with Crippen molar-refractivity contribution in [3.63, 3.8) is 0 Å². The monoisotopic (exact) mass is 275 g/mol. The fourth-order valence-corrected chi connectivity index (χ4v) is 3.36. The van der Waals surface area contributed by atoms with Gasteiger partial charge in [-0.15, -0.1) is 0 Å². The lowest BCUT2D eigenvalue weighted by Gasteiger charge is -2.11. The molecule has 1 unspecified atom stereocenters. The van der Waals surface area contributed by atoms with Crippen molar-refractivity contribution in [3.05, 3.63) is 34.1 Å². The molecule has 0 N–H and O–H groups in total. The first-order chi connectivity index (χ1) is 8.37. The molecule has 98 valence electrons. The predicted octanol–water partition coefficient (Wildman–Crippen LogP) is 1.30. The molecule has 1 aromatic rings. The molecule has 0 amide bonds. The summed E-state index contributed by atoms with van der Waals surface area (Å²) in [5.74, 6) is -1.01. The van der Waals surface area contributed by atoms with Crippen LogP contribution in [0.25, 0.3) is 0 Å². The number of rotatable bonds is 3. The molecular formula is C10H10FNO5S. The minimum Gasteiger partial charge on any atom is -0.482 e. The second-order valence-corrected chi connectivity index (χ2v) is 6.24. The highest BCUT2D eigenvalue weighted by molar-refractivity contribution is 7.91. The third kappa shape index (κ3) is 2.76. The Morgan fingerprint density at radius 1 is 1.44 bits per heavy atom. The Bertz CT molecular complexity index is 586. The van der Waals surface area contributed by atoms with Crippen molar-refractivity contribution in [2.75, 3.05) is 11.5 Å². The SMILES string of the molecule is O=[N+]([O-])c1cc(F)ccc1OC1CCS(=O)(=O)C1. The molecule has 1 saturated heterocycles. The van der Waals surface area contributed by atoms with Crippen LogP contribution in [-0.4, -0.2) is 31.0 Å². The van der Waals surface area contributed by atoms with Gasteiger partial charge in [-0.25, -0.2) is 12.8 Å². The lowest BCUT2D eigenvalue weighted by molar-refractivity contribution is -0.386. The molecule has 1 heterocycles. The number of nitrogens with zero attached hydrogens (tertiary/aromatic N) is 1. The van der Waals surface area contributed by atoms with Gasteiger partial charge in [-0.3, -0.25) is 10.1 Å². The van der Waals surface area contributed by atoms with E-state index in [0.717, 1.165) is 18.2 Å². The van der Waals surface area contributed by atoms with Gasteiger partial charge in [0.1, 0.15) is 11.9 Å². The molecule has 1 aliphatic rings. The molecule has 1 aliphatic heterocycles. The first-order valence-corrected chi connectivity index (χ1v) is 7.00. The van der Waals surface area contributed by atoms with E-state index in [1.165, 1.54) is 0 Å². The highest BCUT2D eigenvalue weighted by Crippen LogP contribution is 2.30. The Balaban J connectivity index is 2.22. The number of nitro benzene ring substituents is 1. The smallest absolute Gasteiger partial charge is 0.313 e. The van der Waals surface area contributed by atoms with E-state index in [4.69, 9.17) is 4.74 Å². The Kier molecular flexibility index (Phi) is 3.20. The van der Waals surface area contributed by atoms with Crippen LogP contribution in [-0.2, 0) is 9.84 Å². The highest BCUT2D eigenvalue weighted by Gasteiger charge is 2.31. The molecule has 8 heteroatoms. The summed E-state index contributed by atoms with van der Waals surface area (Å²) >= 11 is 0. The van der Waals surface area contributed by atoms with E-state index in [1.807, 2.05) is 0 Å². The summed E-state index contributed by atoms with van der Waals surface area (Å²) in [5, 5.41) is 10.7. The molecular weight excluding hydrogens is 265 g/mol. The molecule has 0 radical (unpaired) electrons. The van der Waals surface area contributed by atoms with Crippen LogP contribution in [0.1, 0.15) is 6.42 Å². The van der Waals surface area contributed by atoms with Crippen LogP contribution in [0.3, 0.4) is 0 Å². The van der Waals surface area contributed by atoms with Crippen molar-refractivity contribution in [1.29, 1.82) is 0 Å². The maximum atomic E-state index is 12.9. The molecule has 1 atom stereocenters. The van der Waals surface area contributed by atoms with E-state index in [9.17, 15) is 22.9 Å². The van der Waals surface area contributed by atoms with Crippen molar-refractivity contribution in [2.24, 2.45) is 0 Å². The van der Waals surface area contributed by atoms with E-state index in [0.29, 0.717) is 0 Å². The molecule has 0 saturated carbocycles. The Hall–Kier alpha value is -1.70. The molecule has 18 heavy (non-hydrogen) atoms. The largest absolute Gasteiger partial charge is 0.482 e. The van der Waals surface area contributed by atoms with Crippen molar-refractivity contribution in [3.8, 4) is 5.75 Å². The molecule has 1 fully saturated rings. The maximum absolute atomic E-state index is 12.9. The van der Waals surface area contributed by atoms with Gasteiger partial charge in [-0.1, -0.05) is 0 Å². The summed E-state index contributed by atoms with van der Waals surface area (Å²) in [4.78, 5) is 9.95. The lowest BCUT2D eigenvalue weighted by atomic mass is 10.2. The van der Waals surface area contributed by atoms with E-state index >= 15 is 0 Å². The Morgan fingerprint density at radius 2 is 2.17 bits per heavy atom. The minimum atomic E-state index is -3.13. The van der Waals surface area contributed by atoms with E-state index in [1.54, 1.807) is 0 Å². The van der Waals surface area contributed by atoms with Crippen LogP contribution in [0, 0.1) is 15.9 Å². The number of sulfone groups is 1. The fourth-order valence-electron chi connectivity index (χ4n) is 1.77. The zero-order chi connectivity index (χ0) is 13.3. The summed E-state index contributed by atoms with van der Waals surface area (Å²) in [5.41, 5.74) is -0.501. The van der Waals surface area contributed by atoms with Crippen molar-refractivity contribution < 1.29 is 22.5 Å². The summed E-state index contributed by atoms with van der Waals surface area (Å²) < 4.78 is 40.6. The zero-order valence-electron chi connectivity index (χ0n) is 9.21. The van der Waals surface area contributed by atoms with Crippen molar-refractivity contribution >= 4 is 15.5 Å². The third-order valence-corrected chi connectivity index (χ3v) is 4.34. The molecule has 0 aliphatic carbocycles. The normalized spacial score (nSPS) is 21.7. The number of benzene rings is 1.